The fourth-order valence-corrected chi connectivity index (χ4v) is 4.81. The van der Waals surface area contributed by atoms with Gasteiger partial charge in [-0.3, -0.25) is 4.79 Å². The Morgan fingerprint density at radius 1 is 1.04 bits per heavy atom. The number of piperidine rings is 1. The molecule has 1 spiro atoms. The first-order valence-electron chi connectivity index (χ1n) is 9.75. The monoisotopic (exact) mass is 365 g/mol. The summed E-state index contributed by atoms with van der Waals surface area (Å²) in [6.45, 7) is 1.35. The molecule has 2 atom stereocenters. The Labute approximate surface area is 160 Å². The molecule has 2 aromatic rings. The van der Waals surface area contributed by atoms with Crippen LogP contribution in [0.1, 0.15) is 36.3 Å². The van der Waals surface area contributed by atoms with Gasteiger partial charge in [-0.25, -0.2) is 0 Å². The summed E-state index contributed by atoms with van der Waals surface area (Å²) in [5.41, 5.74) is 1.88. The zero-order chi connectivity index (χ0) is 18.9. The number of ether oxygens (including phenoxy) is 1. The Bertz CT molecular complexity index is 729. The van der Waals surface area contributed by atoms with Crippen molar-refractivity contribution < 1.29 is 14.6 Å². The first kappa shape index (κ1) is 18.2. The Morgan fingerprint density at radius 3 is 2.00 bits per heavy atom. The molecule has 0 aromatic heterocycles. The third kappa shape index (κ3) is 3.17. The summed E-state index contributed by atoms with van der Waals surface area (Å²) in [6.07, 6.45) is 2.12. The summed E-state index contributed by atoms with van der Waals surface area (Å²) in [5, 5.41) is 10.3. The largest absolute Gasteiger partial charge is 0.392 e. The van der Waals surface area contributed by atoms with Gasteiger partial charge < -0.3 is 14.7 Å². The molecule has 1 aliphatic carbocycles. The predicted molar refractivity (Wildman–Crippen MR) is 104 cm³/mol. The number of amides is 1. The van der Waals surface area contributed by atoms with E-state index in [2.05, 4.69) is 0 Å². The molecule has 4 rings (SSSR count). The van der Waals surface area contributed by atoms with Gasteiger partial charge in [-0.15, -0.1) is 0 Å². The van der Waals surface area contributed by atoms with Gasteiger partial charge in [0.15, 0.2) is 0 Å². The van der Waals surface area contributed by atoms with Crippen LogP contribution in [0.5, 0.6) is 0 Å². The van der Waals surface area contributed by atoms with E-state index >= 15 is 0 Å². The van der Waals surface area contributed by atoms with E-state index in [0.717, 1.165) is 24.0 Å². The zero-order valence-electron chi connectivity index (χ0n) is 15.8. The van der Waals surface area contributed by atoms with Crippen LogP contribution in [-0.2, 0) is 9.53 Å². The quantitative estimate of drug-likeness (QED) is 0.905. The summed E-state index contributed by atoms with van der Waals surface area (Å²) in [7, 11) is 1.72. The highest BCUT2D eigenvalue weighted by Crippen LogP contribution is 2.51. The van der Waals surface area contributed by atoms with Crippen molar-refractivity contribution in [3.8, 4) is 0 Å². The van der Waals surface area contributed by atoms with Crippen molar-refractivity contribution in [2.45, 2.75) is 37.4 Å². The molecule has 0 bridgehead atoms. The fourth-order valence-electron chi connectivity index (χ4n) is 4.81. The minimum absolute atomic E-state index is 0.115. The Balaban J connectivity index is 1.55. The van der Waals surface area contributed by atoms with Gasteiger partial charge >= 0.3 is 0 Å². The second-order valence-electron chi connectivity index (χ2n) is 7.79. The molecule has 1 saturated carbocycles. The fraction of sp³-hybridized carbons (Fsp3) is 0.435. The highest BCUT2D eigenvalue weighted by molar-refractivity contribution is 5.87. The molecule has 2 aliphatic rings. The van der Waals surface area contributed by atoms with Crippen molar-refractivity contribution in [1.82, 2.24) is 4.90 Å². The molecule has 1 amide bonds. The molecule has 1 heterocycles. The molecule has 2 aromatic carbocycles. The molecular weight excluding hydrogens is 338 g/mol. The van der Waals surface area contributed by atoms with Gasteiger partial charge in [-0.2, -0.15) is 0 Å². The Hall–Kier alpha value is -2.17. The van der Waals surface area contributed by atoms with Crippen LogP contribution in [0.3, 0.4) is 0 Å². The third-order valence-corrected chi connectivity index (χ3v) is 6.55. The maximum Gasteiger partial charge on any atom is 0.234 e. The van der Waals surface area contributed by atoms with E-state index in [1.54, 1.807) is 7.11 Å². The van der Waals surface area contributed by atoms with E-state index < -0.39 is 0 Å². The maximum absolute atomic E-state index is 13.5. The lowest BCUT2D eigenvalue weighted by Crippen LogP contribution is -2.62. The van der Waals surface area contributed by atoms with E-state index in [4.69, 9.17) is 4.74 Å². The molecule has 2 fully saturated rings. The van der Waals surface area contributed by atoms with Crippen LogP contribution in [0.25, 0.3) is 0 Å². The van der Waals surface area contributed by atoms with Crippen molar-refractivity contribution in [2.24, 2.45) is 5.41 Å². The number of benzene rings is 2. The number of aliphatic hydroxyl groups excluding tert-OH is 1. The number of hydrogen-bond donors (Lipinski definition) is 1. The average Bonchev–Trinajstić information content (AvgIpc) is 2.73. The number of hydrogen-bond acceptors (Lipinski definition) is 3. The summed E-state index contributed by atoms with van der Waals surface area (Å²) >= 11 is 0. The van der Waals surface area contributed by atoms with E-state index in [1.165, 1.54) is 0 Å². The number of aliphatic hydroxyl groups is 1. The molecule has 4 heteroatoms. The average molecular weight is 365 g/mol. The van der Waals surface area contributed by atoms with Gasteiger partial charge in [-0.05, 0) is 24.0 Å². The molecule has 0 radical (unpaired) electrons. The topological polar surface area (TPSA) is 49.8 Å². The van der Waals surface area contributed by atoms with Crippen LogP contribution in [0.15, 0.2) is 60.7 Å². The SMILES string of the molecule is CO[C@@H]1C[C@H](O)C12CCN(C(=O)C(c1ccccc1)c1ccccc1)CC2. The highest BCUT2D eigenvalue weighted by Gasteiger charge is 2.56. The Morgan fingerprint density at radius 2 is 1.56 bits per heavy atom. The summed E-state index contributed by atoms with van der Waals surface area (Å²) in [5.74, 6) is -0.143. The molecule has 27 heavy (non-hydrogen) atoms. The lowest BCUT2D eigenvalue weighted by atomic mass is 9.58. The lowest BCUT2D eigenvalue weighted by Gasteiger charge is -2.56. The first-order valence-corrected chi connectivity index (χ1v) is 9.75. The van der Waals surface area contributed by atoms with Gasteiger partial charge in [0.25, 0.3) is 0 Å². The summed E-state index contributed by atoms with van der Waals surface area (Å²) < 4.78 is 5.57. The van der Waals surface area contributed by atoms with Gasteiger partial charge in [0.05, 0.1) is 18.1 Å². The van der Waals surface area contributed by atoms with Gasteiger partial charge in [0.1, 0.15) is 0 Å². The van der Waals surface area contributed by atoms with Gasteiger partial charge in [0, 0.05) is 32.0 Å². The van der Waals surface area contributed by atoms with Gasteiger partial charge in [0.2, 0.25) is 5.91 Å². The van der Waals surface area contributed by atoms with Crippen molar-refractivity contribution in [3.63, 3.8) is 0 Å². The van der Waals surface area contributed by atoms with E-state index in [1.807, 2.05) is 65.6 Å². The van der Waals surface area contributed by atoms with Crippen LogP contribution in [0, 0.1) is 5.41 Å². The van der Waals surface area contributed by atoms with E-state index in [9.17, 15) is 9.90 Å². The predicted octanol–water partition coefficient (Wildman–Crippen LogP) is 3.21. The molecule has 1 aliphatic heterocycles. The van der Waals surface area contributed by atoms with Crippen molar-refractivity contribution in [2.75, 3.05) is 20.2 Å². The van der Waals surface area contributed by atoms with E-state index in [-0.39, 0.29) is 29.4 Å². The summed E-state index contributed by atoms with van der Waals surface area (Å²) in [6, 6.07) is 20.0. The first-order chi connectivity index (χ1) is 13.2. The van der Waals surface area contributed by atoms with Crippen LogP contribution in [0.4, 0.5) is 0 Å². The molecular formula is C23H27NO3. The van der Waals surface area contributed by atoms with Crippen LogP contribution in [-0.4, -0.2) is 48.3 Å². The standard InChI is InChI=1S/C23H27NO3/c1-27-20-16-19(25)23(20)12-14-24(15-13-23)22(26)21(17-8-4-2-5-9-17)18-10-6-3-7-11-18/h2-11,19-21,25H,12-16H2,1H3/t19-,20+/m0/s1. The molecule has 1 N–H and O–H groups in total. The highest BCUT2D eigenvalue weighted by atomic mass is 16.5. The number of methoxy groups -OCH3 is 1. The smallest absolute Gasteiger partial charge is 0.234 e. The number of rotatable bonds is 4. The normalized spacial score (nSPS) is 24.0. The maximum atomic E-state index is 13.5. The Kier molecular flexibility index (Phi) is 5.02. The van der Waals surface area contributed by atoms with Crippen molar-refractivity contribution >= 4 is 5.91 Å². The van der Waals surface area contributed by atoms with Crippen LogP contribution < -0.4 is 0 Å². The minimum Gasteiger partial charge on any atom is -0.392 e. The van der Waals surface area contributed by atoms with Crippen molar-refractivity contribution in [1.29, 1.82) is 0 Å². The minimum atomic E-state index is -0.307. The lowest BCUT2D eigenvalue weighted by molar-refractivity contribution is -0.202. The third-order valence-electron chi connectivity index (χ3n) is 6.55. The molecule has 1 saturated heterocycles. The second kappa shape index (κ2) is 7.45. The second-order valence-corrected chi connectivity index (χ2v) is 7.79. The number of likely N-dealkylation sites (tertiary alicyclic amines) is 1. The molecule has 142 valence electrons. The number of carbonyl (C=O) groups is 1. The van der Waals surface area contributed by atoms with Gasteiger partial charge in [-0.1, -0.05) is 60.7 Å². The van der Waals surface area contributed by atoms with Crippen LogP contribution in [0.2, 0.25) is 0 Å². The van der Waals surface area contributed by atoms with Crippen molar-refractivity contribution in [3.05, 3.63) is 71.8 Å². The van der Waals surface area contributed by atoms with E-state index in [0.29, 0.717) is 19.5 Å². The number of nitrogens with zero attached hydrogens (tertiary/aromatic N) is 1. The zero-order valence-corrected chi connectivity index (χ0v) is 15.8. The number of carbonyl (C=O) groups excluding carboxylic acids is 1. The molecule has 0 unspecified atom stereocenters. The summed E-state index contributed by atoms with van der Waals surface area (Å²) in [4.78, 5) is 15.4. The van der Waals surface area contributed by atoms with Crippen LogP contribution >= 0.6 is 0 Å². The molecule has 4 nitrogen and oxygen atoms in total.